The second-order valence-electron chi connectivity index (χ2n) is 9.43. The highest BCUT2D eigenvalue weighted by molar-refractivity contribution is 6.56. The zero-order valence-corrected chi connectivity index (χ0v) is 28.9. The average Bonchev–Trinajstić information content (AvgIpc) is 3.00. The van der Waals surface area contributed by atoms with Crippen LogP contribution in [0.4, 0.5) is 0 Å². The fraction of sp³-hybridized carbons (Fsp3) is 0.419. The third kappa shape index (κ3) is 8.91. The van der Waals surface area contributed by atoms with Crippen molar-refractivity contribution in [3.8, 4) is 34.5 Å². The second kappa shape index (κ2) is 16.7. The van der Waals surface area contributed by atoms with Crippen molar-refractivity contribution < 1.29 is 28.4 Å². The zero-order chi connectivity index (χ0) is 29.7. The van der Waals surface area contributed by atoms with Crippen LogP contribution in [-0.4, -0.2) is 81.5 Å². The molecule has 0 fully saturated rings. The van der Waals surface area contributed by atoms with E-state index in [4.69, 9.17) is 28.4 Å². The van der Waals surface area contributed by atoms with Crippen molar-refractivity contribution in [2.24, 2.45) is 0 Å². The Labute approximate surface area is 256 Å². The molecule has 10 heteroatoms. The molecule has 9 radical (unpaired) electrons. The van der Waals surface area contributed by atoms with Gasteiger partial charge in [0.1, 0.15) is 0 Å². The first-order valence-corrected chi connectivity index (χ1v) is 17.6. The highest BCUT2D eigenvalue weighted by Gasteiger charge is 2.25. The predicted molar refractivity (Wildman–Crippen MR) is 172 cm³/mol. The Hall–Kier alpha value is -2.67. The Morgan fingerprint density at radius 1 is 0.488 bits per heavy atom. The summed E-state index contributed by atoms with van der Waals surface area (Å²) in [5.74, 6) is 4.86. The van der Waals surface area contributed by atoms with E-state index in [2.05, 4.69) is 28.4 Å². The summed E-state index contributed by atoms with van der Waals surface area (Å²) >= 11 is 0. The van der Waals surface area contributed by atoms with E-state index in [1.54, 1.807) is 42.7 Å². The largest absolute Gasteiger partial charge is 0.493 e. The van der Waals surface area contributed by atoms with E-state index < -0.39 is 0 Å². The Balaban J connectivity index is 1.71. The number of para-hydroxylation sites is 3. The molecule has 0 heterocycles. The monoisotopic (exact) mass is 619 g/mol. The van der Waals surface area contributed by atoms with E-state index >= 15 is 0 Å². The number of hydrogen-bond acceptors (Lipinski definition) is 6. The number of rotatable bonds is 18. The molecule has 0 spiro atoms. The first kappa shape index (κ1) is 32.8. The minimum atomic E-state index is 0.0112. The second-order valence-corrected chi connectivity index (χ2v) is 14.7. The summed E-state index contributed by atoms with van der Waals surface area (Å²) in [6.45, 7) is 0. The van der Waals surface area contributed by atoms with Gasteiger partial charge in [0.25, 0.3) is 0 Å². The molecule has 215 valence electrons. The number of hydrogen-bond donors (Lipinski definition) is 0. The molecule has 3 aromatic rings. The molecule has 0 aliphatic heterocycles. The van der Waals surface area contributed by atoms with Gasteiger partial charge in [-0.05, 0) is 38.8 Å². The first-order valence-electron chi connectivity index (χ1n) is 13.5. The van der Waals surface area contributed by atoms with Crippen LogP contribution < -0.4 is 44.0 Å². The van der Waals surface area contributed by atoms with E-state index in [0.29, 0.717) is 28.6 Å². The summed E-state index contributed by atoms with van der Waals surface area (Å²) in [5, 5.41) is 3.61. The van der Waals surface area contributed by atoms with E-state index in [1.807, 2.05) is 36.4 Å². The fourth-order valence-corrected chi connectivity index (χ4v) is 10.3. The molecule has 0 N–H and O–H groups in total. The summed E-state index contributed by atoms with van der Waals surface area (Å²) in [4.78, 5) is 0. The number of methoxy groups -OCH3 is 6. The maximum Gasteiger partial charge on any atom is 0.160 e. The van der Waals surface area contributed by atoms with Gasteiger partial charge in [-0.25, -0.2) is 0 Å². The maximum atomic E-state index is 5.69. The molecule has 0 bridgehead atoms. The normalized spacial score (nSPS) is 11.2. The molecule has 6 nitrogen and oxygen atoms in total. The molecule has 0 saturated heterocycles. The van der Waals surface area contributed by atoms with Crippen molar-refractivity contribution in [3.63, 3.8) is 0 Å². The Kier molecular flexibility index (Phi) is 13.4. The molecule has 0 saturated carbocycles. The fourth-order valence-electron chi connectivity index (χ4n) is 4.76. The van der Waals surface area contributed by atoms with Crippen LogP contribution in [0.2, 0.25) is 23.2 Å². The van der Waals surface area contributed by atoms with E-state index in [-0.39, 0.29) is 5.04 Å². The highest BCUT2D eigenvalue weighted by Crippen LogP contribution is 2.40. The SMILES string of the molecule is COc1cccc([Si]CCC([Si])(CC[Si]c2cccc(OC)c2OC)CC[Si]c2cccc(OC)c2OC)c1OC. The molecule has 3 aromatic carbocycles. The van der Waals surface area contributed by atoms with Crippen LogP contribution >= 0.6 is 0 Å². The molecular weight excluding hydrogens is 581 g/mol. The number of benzene rings is 3. The third-order valence-corrected chi connectivity index (χ3v) is 11.5. The molecule has 0 aliphatic rings. The lowest BCUT2D eigenvalue weighted by Gasteiger charge is -2.30. The van der Waals surface area contributed by atoms with Crippen molar-refractivity contribution in [2.45, 2.75) is 42.4 Å². The number of ether oxygens (including phenoxy) is 6. The minimum Gasteiger partial charge on any atom is -0.493 e. The summed E-state index contributed by atoms with van der Waals surface area (Å²) < 4.78 is 33.6. The molecule has 3 rings (SSSR count). The molecule has 0 aliphatic carbocycles. The van der Waals surface area contributed by atoms with Crippen LogP contribution in [0, 0.1) is 0 Å². The lowest BCUT2D eigenvalue weighted by atomic mass is 9.98. The van der Waals surface area contributed by atoms with Crippen molar-refractivity contribution in [2.75, 3.05) is 42.7 Å². The van der Waals surface area contributed by atoms with Gasteiger partial charge < -0.3 is 28.4 Å². The Morgan fingerprint density at radius 3 is 1.02 bits per heavy atom. The molecule has 0 aromatic heterocycles. The summed E-state index contributed by atoms with van der Waals surface area (Å²) in [5.41, 5.74) is 0. The van der Waals surface area contributed by atoms with Gasteiger partial charge in [-0.3, -0.25) is 0 Å². The Morgan fingerprint density at radius 2 is 0.780 bits per heavy atom. The molecule has 0 unspecified atom stereocenters. The van der Waals surface area contributed by atoms with Crippen LogP contribution in [-0.2, 0) is 0 Å². The Bertz CT molecular complexity index is 1090. The van der Waals surface area contributed by atoms with Crippen LogP contribution in [0.15, 0.2) is 54.6 Å². The molecule has 0 amide bonds. The van der Waals surface area contributed by atoms with Gasteiger partial charge in [0.2, 0.25) is 0 Å². The van der Waals surface area contributed by atoms with Gasteiger partial charge >= 0.3 is 0 Å². The summed E-state index contributed by atoms with van der Waals surface area (Å²) in [7, 11) is 16.4. The van der Waals surface area contributed by atoms with Crippen molar-refractivity contribution in [1.29, 1.82) is 0 Å². The third-order valence-electron chi connectivity index (χ3n) is 6.97. The van der Waals surface area contributed by atoms with Crippen LogP contribution in [0.3, 0.4) is 0 Å². The van der Waals surface area contributed by atoms with Gasteiger partial charge in [0.05, 0.1) is 71.2 Å². The summed E-state index contributed by atoms with van der Waals surface area (Å²) in [6, 6.07) is 21.6. The topological polar surface area (TPSA) is 55.4 Å². The van der Waals surface area contributed by atoms with Gasteiger partial charge in [0, 0.05) is 10.2 Å². The average molecular weight is 620 g/mol. The standard InChI is InChI=1S/C31H39O6Si4/c1-32-22-10-7-13-25(28(22)35-4)39-19-16-31(38,17-20-40-26-14-8-11-23(33-2)29(26)36-5)18-21-41-27-15-9-12-24(34-3)30(27)37-6/h7-15H,16-21H2,1-6H3. The van der Waals surface area contributed by atoms with Crippen molar-refractivity contribution in [1.82, 2.24) is 0 Å². The lowest BCUT2D eigenvalue weighted by molar-refractivity contribution is 0.357. The zero-order valence-electron chi connectivity index (χ0n) is 24.9. The van der Waals surface area contributed by atoms with Gasteiger partial charge in [-0.2, -0.15) is 0 Å². The maximum absolute atomic E-state index is 5.69. The highest BCUT2D eigenvalue weighted by atomic mass is 28.2. The van der Waals surface area contributed by atoms with Gasteiger partial charge in [-0.15, -0.1) is 0 Å². The molecular formula is C31H39O6Si4. The van der Waals surface area contributed by atoms with Crippen molar-refractivity contribution in [3.05, 3.63) is 54.6 Å². The van der Waals surface area contributed by atoms with Gasteiger partial charge in [-0.1, -0.05) is 73.8 Å². The minimum absolute atomic E-state index is 0.0112. The molecule has 0 atom stereocenters. The lowest BCUT2D eigenvalue weighted by Crippen LogP contribution is -2.24. The van der Waals surface area contributed by atoms with Crippen LogP contribution in [0.1, 0.15) is 19.3 Å². The summed E-state index contributed by atoms with van der Waals surface area (Å²) in [6.07, 6.45) is 3.17. The smallest absolute Gasteiger partial charge is 0.160 e. The van der Waals surface area contributed by atoms with E-state index in [0.717, 1.165) is 71.9 Å². The van der Waals surface area contributed by atoms with E-state index in [1.165, 1.54) is 15.6 Å². The van der Waals surface area contributed by atoms with Crippen LogP contribution in [0.25, 0.3) is 0 Å². The van der Waals surface area contributed by atoms with Gasteiger partial charge in [0.15, 0.2) is 34.5 Å². The van der Waals surface area contributed by atoms with E-state index in [9.17, 15) is 0 Å². The quantitative estimate of drug-likeness (QED) is 0.202. The molecule has 41 heavy (non-hydrogen) atoms. The van der Waals surface area contributed by atoms with Crippen LogP contribution in [0.5, 0.6) is 34.5 Å². The predicted octanol–water partition coefficient (Wildman–Crippen LogP) is 3.88. The van der Waals surface area contributed by atoms with Crippen molar-refractivity contribution >= 4 is 54.4 Å². The first-order chi connectivity index (χ1) is 19.9.